The Morgan fingerprint density at radius 3 is 2.64 bits per heavy atom. The Labute approximate surface area is 135 Å². The molecule has 0 aliphatic heterocycles. The van der Waals surface area contributed by atoms with Crippen molar-refractivity contribution < 1.29 is 14.8 Å². The van der Waals surface area contributed by atoms with Gasteiger partial charge in [0.05, 0.1) is 18.6 Å². The van der Waals surface area contributed by atoms with Gasteiger partial charge in [-0.15, -0.1) is 0 Å². The number of ether oxygens (including phenoxy) is 1. The van der Waals surface area contributed by atoms with Gasteiger partial charge < -0.3 is 15.2 Å². The van der Waals surface area contributed by atoms with Crippen molar-refractivity contribution >= 4 is 27.4 Å². The summed E-state index contributed by atoms with van der Waals surface area (Å²) in [7, 11) is 1.58. The van der Waals surface area contributed by atoms with Crippen molar-refractivity contribution in [3.05, 3.63) is 44.5 Å². The fourth-order valence-electron chi connectivity index (χ4n) is 1.94. The molecule has 1 aromatic heterocycles. The maximum Gasteiger partial charge on any atom is 0.345 e. The summed E-state index contributed by atoms with van der Waals surface area (Å²) in [6.45, 7) is 1.79. The van der Waals surface area contributed by atoms with Crippen LogP contribution in [0.3, 0.4) is 0 Å². The highest BCUT2D eigenvalue weighted by molar-refractivity contribution is 9.10. The molecule has 118 valence electrons. The van der Waals surface area contributed by atoms with Crippen molar-refractivity contribution in [3.8, 4) is 5.75 Å². The molecule has 0 aliphatic rings. The number of nitrogens with zero attached hydrogens (tertiary/aromatic N) is 3. The van der Waals surface area contributed by atoms with E-state index >= 15 is 0 Å². The second kappa shape index (κ2) is 6.75. The third-order valence-corrected chi connectivity index (χ3v) is 3.44. The fourth-order valence-corrected chi connectivity index (χ4v) is 2.47. The van der Waals surface area contributed by atoms with Crippen molar-refractivity contribution in [3.63, 3.8) is 0 Å². The molecule has 2 aromatic rings. The van der Waals surface area contributed by atoms with E-state index in [1.54, 1.807) is 19.2 Å². The molecule has 0 bridgehead atoms. The molecule has 0 amide bonds. The maximum atomic E-state index is 11.2. The molecular formula is C13H15BrN4O4. The van der Waals surface area contributed by atoms with Gasteiger partial charge in [-0.25, -0.2) is 4.68 Å². The zero-order valence-corrected chi connectivity index (χ0v) is 13.6. The number of methoxy groups -OCH3 is 1. The first kappa shape index (κ1) is 16.2. The second-order valence-corrected chi connectivity index (χ2v) is 5.32. The molecule has 1 heterocycles. The maximum absolute atomic E-state index is 11.2. The van der Waals surface area contributed by atoms with E-state index in [0.29, 0.717) is 6.54 Å². The van der Waals surface area contributed by atoms with Gasteiger partial charge in [-0.1, -0.05) is 12.1 Å². The van der Waals surface area contributed by atoms with Gasteiger partial charge in [-0.05, 0) is 40.5 Å². The normalized spacial score (nSPS) is 12.0. The van der Waals surface area contributed by atoms with E-state index in [1.807, 2.05) is 12.1 Å². The highest BCUT2D eigenvalue weighted by Gasteiger charge is 2.27. The van der Waals surface area contributed by atoms with E-state index in [-0.39, 0.29) is 16.1 Å². The lowest BCUT2D eigenvalue weighted by molar-refractivity contribution is -0.384. The quantitative estimate of drug-likeness (QED) is 0.459. The van der Waals surface area contributed by atoms with Crippen molar-refractivity contribution in [2.24, 2.45) is 0 Å². The standard InChI is InChI=1S/C13H15BrN4O4/c1-8(19)15-13-11(18(20)21)12(14)16-17(13)7-9-3-5-10(22-2)6-4-9/h3-6,8,15,19H,7H2,1-2H3. The highest BCUT2D eigenvalue weighted by Crippen LogP contribution is 2.33. The van der Waals surface area contributed by atoms with Crippen molar-refractivity contribution in [1.29, 1.82) is 0 Å². The van der Waals surface area contributed by atoms with Crippen LogP contribution in [0.25, 0.3) is 0 Å². The number of nitro groups is 1. The molecule has 0 aliphatic carbocycles. The lowest BCUT2D eigenvalue weighted by atomic mass is 10.2. The number of anilines is 1. The third-order valence-electron chi connectivity index (χ3n) is 2.91. The van der Waals surface area contributed by atoms with E-state index in [1.165, 1.54) is 11.6 Å². The van der Waals surface area contributed by atoms with E-state index in [4.69, 9.17) is 4.74 Å². The molecule has 0 saturated heterocycles. The summed E-state index contributed by atoms with van der Waals surface area (Å²) in [5, 5.41) is 27.4. The lowest BCUT2D eigenvalue weighted by Crippen LogP contribution is -2.18. The minimum absolute atomic E-state index is 0.106. The van der Waals surface area contributed by atoms with Crippen molar-refractivity contribution in [2.45, 2.75) is 19.7 Å². The number of aromatic nitrogens is 2. The Hall–Kier alpha value is -2.13. The number of aliphatic hydroxyl groups excluding tert-OH is 1. The van der Waals surface area contributed by atoms with Crippen LogP contribution < -0.4 is 10.1 Å². The van der Waals surface area contributed by atoms with Crippen LogP contribution >= 0.6 is 15.9 Å². The minimum Gasteiger partial charge on any atom is -0.497 e. The molecule has 2 rings (SSSR count). The van der Waals surface area contributed by atoms with Crippen LogP contribution in [0.4, 0.5) is 11.5 Å². The second-order valence-electron chi connectivity index (χ2n) is 4.57. The number of halogens is 1. The average molecular weight is 371 g/mol. The first-order valence-electron chi connectivity index (χ1n) is 6.40. The lowest BCUT2D eigenvalue weighted by Gasteiger charge is -2.11. The zero-order valence-electron chi connectivity index (χ0n) is 12.0. The van der Waals surface area contributed by atoms with Gasteiger partial charge in [0.15, 0.2) is 0 Å². The third kappa shape index (κ3) is 3.55. The number of hydrogen-bond donors (Lipinski definition) is 2. The summed E-state index contributed by atoms with van der Waals surface area (Å²) in [6, 6.07) is 7.27. The average Bonchev–Trinajstić information content (AvgIpc) is 2.75. The van der Waals surface area contributed by atoms with E-state index in [0.717, 1.165) is 11.3 Å². The largest absolute Gasteiger partial charge is 0.497 e. The molecule has 0 radical (unpaired) electrons. The molecule has 1 unspecified atom stereocenters. The van der Waals surface area contributed by atoms with Gasteiger partial charge in [0.1, 0.15) is 12.0 Å². The topological polar surface area (TPSA) is 102 Å². The van der Waals surface area contributed by atoms with Crippen LogP contribution in [0.1, 0.15) is 12.5 Å². The van der Waals surface area contributed by atoms with Crippen LogP contribution in [0.5, 0.6) is 5.75 Å². The van der Waals surface area contributed by atoms with Gasteiger partial charge in [0.2, 0.25) is 10.4 Å². The molecule has 0 saturated carbocycles. The SMILES string of the molecule is COc1ccc(Cn2nc(Br)c([N+](=O)[O-])c2NC(C)O)cc1. The first-order chi connectivity index (χ1) is 10.4. The smallest absolute Gasteiger partial charge is 0.345 e. The molecule has 0 spiro atoms. The number of aliphatic hydroxyl groups is 1. The van der Waals surface area contributed by atoms with Gasteiger partial charge in [-0.3, -0.25) is 10.1 Å². The molecular weight excluding hydrogens is 356 g/mol. The Morgan fingerprint density at radius 1 is 1.50 bits per heavy atom. The monoisotopic (exact) mass is 370 g/mol. The predicted octanol–water partition coefficient (Wildman–Crippen LogP) is 2.36. The van der Waals surface area contributed by atoms with Crippen LogP contribution in [0.15, 0.2) is 28.9 Å². The van der Waals surface area contributed by atoms with Crippen LogP contribution in [-0.4, -0.2) is 33.1 Å². The van der Waals surface area contributed by atoms with Crippen LogP contribution in [0.2, 0.25) is 0 Å². The summed E-state index contributed by atoms with van der Waals surface area (Å²) in [6.07, 6.45) is -0.947. The Bertz CT molecular complexity index is 669. The molecule has 2 N–H and O–H groups in total. The number of rotatable bonds is 6. The van der Waals surface area contributed by atoms with Gasteiger partial charge >= 0.3 is 5.69 Å². The fraction of sp³-hybridized carbons (Fsp3) is 0.308. The Kier molecular flexibility index (Phi) is 4.99. The van der Waals surface area contributed by atoms with Gasteiger partial charge in [0.25, 0.3) is 0 Å². The Balaban J connectivity index is 2.36. The van der Waals surface area contributed by atoms with Crippen molar-refractivity contribution in [2.75, 3.05) is 12.4 Å². The molecule has 9 heteroatoms. The zero-order chi connectivity index (χ0) is 16.3. The molecule has 0 fully saturated rings. The Morgan fingerprint density at radius 2 is 2.14 bits per heavy atom. The van der Waals surface area contributed by atoms with E-state index in [2.05, 4.69) is 26.3 Å². The first-order valence-corrected chi connectivity index (χ1v) is 7.20. The highest BCUT2D eigenvalue weighted by atomic mass is 79.9. The van der Waals surface area contributed by atoms with Crippen molar-refractivity contribution in [1.82, 2.24) is 9.78 Å². The predicted molar refractivity (Wildman–Crippen MR) is 84.0 cm³/mol. The van der Waals surface area contributed by atoms with Gasteiger partial charge in [0, 0.05) is 0 Å². The van der Waals surface area contributed by atoms with Gasteiger partial charge in [-0.2, -0.15) is 5.10 Å². The van der Waals surface area contributed by atoms with E-state index < -0.39 is 11.2 Å². The number of benzene rings is 1. The van der Waals surface area contributed by atoms with E-state index in [9.17, 15) is 15.2 Å². The summed E-state index contributed by atoms with van der Waals surface area (Å²) in [5.74, 6) is 0.862. The summed E-state index contributed by atoms with van der Waals surface area (Å²) >= 11 is 3.08. The number of nitrogens with one attached hydrogen (secondary N) is 1. The number of hydrogen-bond acceptors (Lipinski definition) is 6. The summed E-state index contributed by atoms with van der Waals surface area (Å²) in [4.78, 5) is 10.6. The molecule has 1 aromatic carbocycles. The molecule has 8 nitrogen and oxygen atoms in total. The minimum atomic E-state index is -0.947. The summed E-state index contributed by atoms with van der Waals surface area (Å²) < 4.78 is 6.62. The summed E-state index contributed by atoms with van der Waals surface area (Å²) in [5.41, 5.74) is 0.675. The van der Waals surface area contributed by atoms with Crippen LogP contribution in [-0.2, 0) is 6.54 Å². The van der Waals surface area contributed by atoms with Crippen LogP contribution in [0, 0.1) is 10.1 Å². The molecule has 22 heavy (non-hydrogen) atoms. The molecule has 1 atom stereocenters.